The first kappa shape index (κ1) is 8.61. The minimum absolute atomic E-state index is 0.209. The number of anilines is 1. The Balaban J connectivity index is 3.09. The second-order valence-electron chi connectivity index (χ2n) is 2.05. The van der Waals surface area contributed by atoms with Crippen LogP contribution in [0.1, 0.15) is 5.56 Å². The molecule has 0 aliphatic carbocycles. The second kappa shape index (κ2) is 3.78. The average molecular weight is 222 g/mol. The molecule has 0 saturated carbocycles. The summed E-state index contributed by atoms with van der Waals surface area (Å²) in [6.45, 7) is 0. The standard InChI is InChI=1S/C8H5N3Se/c9-4-6-3-7(12-5-10)1-2-8(6)11/h1-3H,11H2. The summed E-state index contributed by atoms with van der Waals surface area (Å²) in [4.78, 5) is 2.07. The average Bonchev–Trinajstić information content (AvgIpc) is 2.09. The molecule has 0 atom stereocenters. The molecule has 0 amide bonds. The van der Waals surface area contributed by atoms with Crippen molar-refractivity contribution in [2.24, 2.45) is 0 Å². The van der Waals surface area contributed by atoms with Crippen LogP contribution in [0.15, 0.2) is 18.2 Å². The molecule has 1 aromatic rings. The third-order valence-electron chi connectivity index (χ3n) is 1.31. The Morgan fingerprint density at radius 3 is 2.67 bits per heavy atom. The Morgan fingerprint density at radius 2 is 2.08 bits per heavy atom. The summed E-state index contributed by atoms with van der Waals surface area (Å²) < 4.78 is 0.885. The van der Waals surface area contributed by atoms with Crippen molar-refractivity contribution < 1.29 is 0 Å². The molecule has 0 spiro atoms. The summed E-state index contributed by atoms with van der Waals surface area (Å²) in [5, 5.41) is 17.0. The van der Waals surface area contributed by atoms with Crippen LogP contribution in [-0.4, -0.2) is 15.0 Å². The Bertz CT molecular complexity index is 373. The van der Waals surface area contributed by atoms with Gasteiger partial charge in [-0.15, -0.1) is 0 Å². The van der Waals surface area contributed by atoms with E-state index in [0.717, 1.165) is 4.46 Å². The third kappa shape index (κ3) is 1.77. The maximum absolute atomic E-state index is 8.61. The van der Waals surface area contributed by atoms with E-state index in [-0.39, 0.29) is 15.0 Å². The third-order valence-corrected chi connectivity index (χ3v) is 2.53. The van der Waals surface area contributed by atoms with Gasteiger partial charge in [0.2, 0.25) is 0 Å². The number of nitrogens with zero attached hydrogens (tertiary/aromatic N) is 2. The van der Waals surface area contributed by atoms with Gasteiger partial charge in [0.05, 0.1) is 0 Å². The van der Waals surface area contributed by atoms with E-state index < -0.39 is 0 Å². The number of hydrogen-bond donors (Lipinski definition) is 1. The Hall–Kier alpha value is -1.48. The Kier molecular flexibility index (Phi) is 2.71. The molecule has 0 aromatic heterocycles. The van der Waals surface area contributed by atoms with Gasteiger partial charge in [0.1, 0.15) is 0 Å². The fourth-order valence-corrected chi connectivity index (χ4v) is 1.63. The van der Waals surface area contributed by atoms with Gasteiger partial charge in [-0.2, -0.15) is 0 Å². The molecule has 2 N–H and O–H groups in total. The molecule has 0 bridgehead atoms. The fraction of sp³-hybridized carbons (Fsp3) is 0. The molecule has 0 heterocycles. The fourth-order valence-electron chi connectivity index (χ4n) is 0.748. The number of nitrogens with two attached hydrogens (primary N) is 1. The van der Waals surface area contributed by atoms with E-state index in [1.165, 1.54) is 0 Å². The van der Waals surface area contributed by atoms with Crippen molar-refractivity contribution in [3.63, 3.8) is 0 Å². The summed E-state index contributed by atoms with van der Waals surface area (Å²) in [5.74, 6) is 0. The second-order valence-corrected chi connectivity index (χ2v) is 3.85. The van der Waals surface area contributed by atoms with Gasteiger partial charge in [-0.3, -0.25) is 0 Å². The maximum atomic E-state index is 8.61. The van der Waals surface area contributed by atoms with Gasteiger partial charge in [-0.1, -0.05) is 0 Å². The van der Waals surface area contributed by atoms with E-state index in [1.807, 2.05) is 6.07 Å². The van der Waals surface area contributed by atoms with Crippen molar-refractivity contribution >= 4 is 25.1 Å². The summed E-state index contributed by atoms with van der Waals surface area (Å²) in [7, 11) is 0. The zero-order valence-corrected chi connectivity index (χ0v) is 7.83. The van der Waals surface area contributed by atoms with Crippen LogP contribution in [-0.2, 0) is 0 Å². The molecule has 4 heteroatoms. The summed E-state index contributed by atoms with van der Waals surface area (Å²) >= 11 is -0.209. The minimum atomic E-state index is -0.209. The van der Waals surface area contributed by atoms with Gasteiger partial charge in [-0.25, -0.2) is 0 Å². The number of benzene rings is 1. The summed E-state index contributed by atoms with van der Waals surface area (Å²) in [6, 6.07) is 7.07. The molecule has 0 radical (unpaired) electrons. The zero-order valence-electron chi connectivity index (χ0n) is 6.11. The van der Waals surface area contributed by atoms with Crippen LogP contribution < -0.4 is 10.2 Å². The van der Waals surface area contributed by atoms with Gasteiger partial charge in [-0.05, 0) is 0 Å². The van der Waals surface area contributed by atoms with Gasteiger partial charge >= 0.3 is 76.2 Å². The van der Waals surface area contributed by atoms with E-state index in [9.17, 15) is 0 Å². The molecule has 0 aliphatic rings. The molecule has 12 heavy (non-hydrogen) atoms. The molecule has 0 aliphatic heterocycles. The van der Waals surface area contributed by atoms with E-state index in [2.05, 4.69) is 4.97 Å². The molecular formula is C8H5N3Se. The van der Waals surface area contributed by atoms with Crippen molar-refractivity contribution in [3.05, 3.63) is 23.8 Å². The van der Waals surface area contributed by atoms with Crippen LogP contribution in [0, 0.1) is 21.6 Å². The molecular weight excluding hydrogens is 217 g/mol. The summed E-state index contributed by atoms with van der Waals surface area (Å²) in [6.07, 6.45) is 0. The van der Waals surface area contributed by atoms with Gasteiger partial charge in [0.15, 0.2) is 0 Å². The predicted molar refractivity (Wildman–Crippen MR) is 46.6 cm³/mol. The first-order valence-electron chi connectivity index (χ1n) is 3.13. The van der Waals surface area contributed by atoms with Crippen LogP contribution in [0.5, 0.6) is 0 Å². The van der Waals surface area contributed by atoms with Crippen molar-refractivity contribution in [1.29, 1.82) is 10.5 Å². The van der Waals surface area contributed by atoms with E-state index >= 15 is 0 Å². The van der Waals surface area contributed by atoms with Crippen molar-refractivity contribution in [2.75, 3.05) is 5.73 Å². The summed E-state index contributed by atoms with van der Waals surface area (Å²) in [5.41, 5.74) is 6.41. The number of nitrogen functional groups attached to an aromatic ring is 1. The normalized spacial score (nSPS) is 8.50. The quantitative estimate of drug-likeness (QED) is 0.534. The number of hydrogen-bond acceptors (Lipinski definition) is 3. The predicted octanol–water partition coefficient (Wildman–Crippen LogP) is -0.0489. The Labute approximate surface area is 76.6 Å². The zero-order chi connectivity index (χ0) is 8.97. The molecule has 0 unspecified atom stereocenters. The molecule has 0 saturated heterocycles. The van der Waals surface area contributed by atoms with Crippen LogP contribution in [0.4, 0.5) is 5.69 Å². The first-order valence-corrected chi connectivity index (χ1v) is 4.85. The van der Waals surface area contributed by atoms with E-state index in [0.29, 0.717) is 11.3 Å². The molecule has 0 fully saturated rings. The Morgan fingerprint density at radius 1 is 1.33 bits per heavy atom. The number of nitriles is 2. The molecule has 58 valence electrons. The van der Waals surface area contributed by atoms with E-state index in [4.69, 9.17) is 16.3 Å². The molecule has 3 nitrogen and oxygen atoms in total. The number of rotatable bonds is 1. The van der Waals surface area contributed by atoms with Crippen LogP contribution in [0.25, 0.3) is 0 Å². The molecule has 1 rings (SSSR count). The van der Waals surface area contributed by atoms with Gasteiger partial charge in [0, 0.05) is 0 Å². The van der Waals surface area contributed by atoms with Gasteiger partial charge < -0.3 is 0 Å². The van der Waals surface area contributed by atoms with Gasteiger partial charge in [0.25, 0.3) is 0 Å². The molecule has 1 aromatic carbocycles. The van der Waals surface area contributed by atoms with Crippen molar-refractivity contribution in [3.8, 4) is 11.0 Å². The van der Waals surface area contributed by atoms with Crippen LogP contribution in [0.3, 0.4) is 0 Å². The SMILES string of the molecule is N#C[Se]c1ccc(N)c(C#N)c1. The monoisotopic (exact) mass is 223 g/mol. The van der Waals surface area contributed by atoms with E-state index in [1.54, 1.807) is 18.2 Å². The first-order chi connectivity index (χ1) is 5.77. The van der Waals surface area contributed by atoms with Crippen molar-refractivity contribution in [2.45, 2.75) is 0 Å². The topological polar surface area (TPSA) is 73.6 Å². The van der Waals surface area contributed by atoms with Crippen LogP contribution >= 0.6 is 0 Å². The van der Waals surface area contributed by atoms with Crippen LogP contribution in [0.2, 0.25) is 0 Å². The van der Waals surface area contributed by atoms with Crippen molar-refractivity contribution in [1.82, 2.24) is 0 Å².